The number of hydrogen-bond donors (Lipinski definition) is 0. The second-order valence-corrected chi connectivity index (χ2v) is 4.83. The number of oxazole rings is 1. The maximum atomic E-state index is 11.6. The summed E-state index contributed by atoms with van der Waals surface area (Å²) in [5, 5.41) is 0. The van der Waals surface area contributed by atoms with E-state index in [0.29, 0.717) is 18.2 Å². The third-order valence-electron chi connectivity index (χ3n) is 2.89. The molecule has 0 bridgehead atoms. The van der Waals surface area contributed by atoms with Crippen LogP contribution in [0.2, 0.25) is 0 Å². The lowest BCUT2D eigenvalue weighted by atomic mass is 10.1. The van der Waals surface area contributed by atoms with Gasteiger partial charge in [0, 0.05) is 11.5 Å². The zero-order chi connectivity index (χ0) is 14.5. The van der Waals surface area contributed by atoms with Crippen molar-refractivity contribution in [1.29, 1.82) is 0 Å². The first-order valence-electron chi connectivity index (χ1n) is 6.82. The van der Waals surface area contributed by atoms with E-state index in [2.05, 4.69) is 4.98 Å². The molecule has 20 heavy (non-hydrogen) atoms. The molecule has 0 aliphatic carbocycles. The molecule has 0 aliphatic rings. The number of aromatic nitrogens is 1. The lowest BCUT2D eigenvalue weighted by molar-refractivity contribution is -0.142. The summed E-state index contributed by atoms with van der Waals surface area (Å²) in [4.78, 5) is 16.1. The predicted octanol–water partition coefficient (Wildman–Crippen LogP) is 3.57. The average Bonchev–Trinajstić information content (AvgIpc) is 2.84. The van der Waals surface area contributed by atoms with E-state index < -0.39 is 0 Å². The van der Waals surface area contributed by atoms with Gasteiger partial charge in [-0.3, -0.25) is 4.79 Å². The van der Waals surface area contributed by atoms with Crippen LogP contribution in [0.1, 0.15) is 38.1 Å². The van der Waals surface area contributed by atoms with Crippen molar-refractivity contribution in [2.24, 2.45) is 0 Å². The number of esters is 1. The van der Waals surface area contributed by atoms with Crippen molar-refractivity contribution in [2.75, 3.05) is 6.61 Å². The molecule has 0 radical (unpaired) electrons. The number of rotatable bonds is 5. The van der Waals surface area contributed by atoms with Crippen LogP contribution < -0.4 is 0 Å². The van der Waals surface area contributed by atoms with Gasteiger partial charge in [-0.2, -0.15) is 0 Å². The predicted molar refractivity (Wildman–Crippen MR) is 76.4 cm³/mol. The highest BCUT2D eigenvalue weighted by molar-refractivity contribution is 5.72. The van der Waals surface area contributed by atoms with E-state index in [-0.39, 0.29) is 18.3 Å². The van der Waals surface area contributed by atoms with E-state index in [1.54, 1.807) is 6.92 Å². The Hall–Kier alpha value is -2.10. The summed E-state index contributed by atoms with van der Waals surface area (Å²) < 4.78 is 10.8. The molecule has 0 unspecified atom stereocenters. The Labute approximate surface area is 118 Å². The summed E-state index contributed by atoms with van der Waals surface area (Å²) in [7, 11) is 0. The zero-order valence-electron chi connectivity index (χ0n) is 12.1. The molecule has 2 aromatic rings. The highest BCUT2D eigenvalue weighted by Crippen LogP contribution is 2.27. The number of benzene rings is 1. The molecule has 0 N–H and O–H groups in total. The Morgan fingerprint density at radius 2 is 2.00 bits per heavy atom. The molecule has 4 heteroatoms. The van der Waals surface area contributed by atoms with Crippen LogP contribution >= 0.6 is 0 Å². The number of hydrogen-bond acceptors (Lipinski definition) is 4. The topological polar surface area (TPSA) is 52.3 Å². The Morgan fingerprint density at radius 3 is 2.60 bits per heavy atom. The molecule has 0 atom stereocenters. The monoisotopic (exact) mass is 273 g/mol. The number of ether oxygens (including phenoxy) is 1. The second-order valence-electron chi connectivity index (χ2n) is 4.83. The zero-order valence-corrected chi connectivity index (χ0v) is 12.1. The van der Waals surface area contributed by atoms with Gasteiger partial charge in [0.25, 0.3) is 0 Å². The molecule has 2 rings (SSSR count). The van der Waals surface area contributed by atoms with Crippen LogP contribution in [-0.4, -0.2) is 17.6 Å². The standard InChI is InChI=1S/C16H19NO3/c1-4-19-14(18)10-13-15(11(2)3)20-16(17-13)12-8-6-5-7-9-12/h5-9,11H,4,10H2,1-3H3. The molecule has 1 heterocycles. The SMILES string of the molecule is CCOC(=O)Cc1nc(-c2ccccc2)oc1C(C)C. The van der Waals surface area contributed by atoms with Gasteiger partial charge in [-0.1, -0.05) is 32.0 Å². The minimum absolute atomic E-state index is 0.150. The second kappa shape index (κ2) is 6.37. The lowest BCUT2D eigenvalue weighted by Crippen LogP contribution is -2.09. The lowest BCUT2D eigenvalue weighted by Gasteiger charge is -2.03. The summed E-state index contributed by atoms with van der Waals surface area (Å²) >= 11 is 0. The Morgan fingerprint density at radius 1 is 1.30 bits per heavy atom. The van der Waals surface area contributed by atoms with Gasteiger partial charge >= 0.3 is 5.97 Å². The third-order valence-corrected chi connectivity index (χ3v) is 2.89. The Bertz CT molecular complexity index is 573. The highest BCUT2D eigenvalue weighted by atomic mass is 16.5. The van der Waals surface area contributed by atoms with E-state index in [9.17, 15) is 4.79 Å². The average molecular weight is 273 g/mol. The minimum atomic E-state index is -0.276. The van der Waals surface area contributed by atoms with Gasteiger partial charge in [0.2, 0.25) is 5.89 Å². The molecular formula is C16H19NO3. The molecule has 0 aliphatic heterocycles. The molecule has 1 aromatic heterocycles. The van der Waals surface area contributed by atoms with Crippen molar-refractivity contribution in [3.8, 4) is 11.5 Å². The van der Waals surface area contributed by atoms with Gasteiger partial charge in [-0.25, -0.2) is 4.98 Å². The summed E-state index contributed by atoms with van der Waals surface area (Å²) in [6, 6.07) is 9.67. The minimum Gasteiger partial charge on any atom is -0.466 e. The van der Waals surface area contributed by atoms with Crippen LogP contribution in [0.4, 0.5) is 0 Å². The third kappa shape index (κ3) is 3.26. The number of carbonyl (C=O) groups excluding carboxylic acids is 1. The fourth-order valence-corrected chi connectivity index (χ4v) is 1.99. The molecule has 0 spiro atoms. The van der Waals surface area contributed by atoms with E-state index in [0.717, 1.165) is 11.3 Å². The van der Waals surface area contributed by atoms with Crippen molar-refractivity contribution in [3.05, 3.63) is 41.8 Å². The van der Waals surface area contributed by atoms with Crippen molar-refractivity contribution in [2.45, 2.75) is 33.1 Å². The molecule has 1 aromatic carbocycles. The number of nitrogens with zero attached hydrogens (tertiary/aromatic N) is 1. The maximum Gasteiger partial charge on any atom is 0.311 e. The van der Waals surface area contributed by atoms with Crippen LogP contribution in [0.25, 0.3) is 11.5 Å². The Balaban J connectivity index is 2.31. The summed E-state index contributed by atoms with van der Waals surface area (Å²) in [6.45, 7) is 6.20. The summed E-state index contributed by atoms with van der Waals surface area (Å²) in [6.07, 6.45) is 0.150. The maximum absolute atomic E-state index is 11.6. The first kappa shape index (κ1) is 14.3. The van der Waals surface area contributed by atoms with Crippen molar-refractivity contribution < 1.29 is 13.9 Å². The van der Waals surface area contributed by atoms with Gasteiger partial charge in [-0.15, -0.1) is 0 Å². The summed E-state index contributed by atoms with van der Waals surface area (Å²) in [5.74, 6) is 1.19. The smallest absolute Gasteiger partial charge is 0.311 e. The fourth-order valence-electron chi connectivity index (χ4n) is 1.99. The Kier molecular flexibility index (Phi) is 4.56. The molecular weight excluding hydrogens is 254 g/mol. The van der Waals surface area contributed by atoms with Gasteiger partial charge in [0.15, 0.2) is 0 Å². The molecule has 0 fully saturated rings. The molecule has 0 amide bonds. The van der Waals surface area contributed by atoms with E-state index in [4.69, 9.17) is 9.15 Å². The van der Waals surface area contributed by atoms with Gasteiger partial charge in [0.05, 0.1) is 18.7 Å². The van der Waals surface area contributed by atoms with E-state index in [1.165, 1.54) is 0 Å². The highest BCUT2D eigenvalue weighted by Gasteiger charge is 2.20. The van der Waals surface area contributed by atoms with Crippen LogP contribution in [0.5, 0.6) is 0 Å². The van der Waals surface area contributed by atoms with E-state index >= 15 is 0 Å². The van der Waals surface area contributed by atoms with Crippen LogP contribution in [0.3, 0.4) is 0 Å². The molecule has 4 nitrogen and oxygen atoms in total. The molecule has 106 valence electrons. The van der Waals surface area contributed by atoms with Crippen molar-refractivity contribution in [3.63, 3.8) is 0 Å². The quantitative estimate of drug-likeness (QED) is 0.781. The summed E-state index contributed by atoms with van der Waals surface area (Å²) in [5.41, 5.74) is 1.57. The fraction of sp³-hybridized carbons (Fsp3) is 0.375. The van der Waals surface area contributed by atoms with Crippen LogP contribution in [0, 0.1) is 0 Å². The van der Waals surface area contributed by atoms with Gasteiger partial charge in [-0.05, 0) is 19.1 Å². The van der Waals surface area contributed by atoms with Crippen molar-refractivity contribution in [1.82, 2.24) is 4.98 Å². The largest absolute Gasteiger partial charge is 0.466 e. The van der Waals surface area contributed by atoms with Crippen molar-refractivity contribution >= 4 is 5.97 Å². The van der Waals surface area contributed by atoms with Crippen LogP contribution in [-0.2, 0) is 16.0 Å². The van der Waals surface area contributed by atoms with Crippen LogP contribution in [0.15, 0.2) is 34.7 Å². The van der Waals surface area contributed by atoms with E-state index in [1.807, 2.05) is 44.2 Å². The number of carbonyl (C=O) groups is 1. The molecule has 0 saturated heterocycles. The first-order chi connectivity index (χ1) is 9.61. The normalized spacial score (nSPS) is 10.8. The van der Waals surface area contributed by atoms with Gasteiger partial charge in [0.1, 0.15) is 5.76 Å². The molecule has 0 saturated carbocycles. The van der Waals surface area contributed by atoms with Gasteiger partial charge < -0.3 is 9.15 Å². The first-order valence-corrected chi connectivity index (χ1v) is 6.82.